The monoisotopic (exact) mass is 466 g/mol. The number of pyridine rings is 1. The standard InChI is InChI=1S/C27H31FN2O4/c1-19(20-5-7-23(8-6-20)24-11-14-26(32)29(2)18-24)30(27(33)34)16-15-21(4-3-17-31)22-9-12-25(28)13-10-22/h5-14,18-19,21,31H,3-4,15-17H2,1-2H3,(H,33,34)/t19-,21-/m0/s1. The SMILES string of the molecule is C[C@@H](c1ccc(-c2ccc(=O)n(C)c2)cc1)N(CC[C@H](CCCO)c1ccc(F)cc1)C(=O)O. The number of aliphatic hydroxyl groups is 1. The number of halogens is 1. The van der Waals surface area contributed by atoms with Crippen molar-refractivity contribution in [3.8, 4) is 11.1 Å². The molecular formula is C27H31FN2O4. The van der Waals surface area contributed by atoms with E-state index < -0.39 is 6.09 Å². The maximum Gasteiger partial charge on any atom is 0.407 e. The molecule has 0 aliphatic carbocycles. The molecule has 34 heavy (non-hydrogen) atoms. The quantitative estimate of drug-likeness (QED) is 0.431. The Balaban J connectivity index is 1.74. The summed E-state index contributed by atoms with van der Waals surface area (Å²) in [6.45, 7) is 2.22. The first-order valence-electron chi connectivity index (χ1n) is 11.4. The number of aryl methyl sites for hydroxylation is 1. The molecule has 0 aliphatic heterocycles. The van der Waals surface area contributed by atoms with Gasteiger partial charge < -0.3 is 19.7 Å². The molecule has 1 heterocycles. The maximum atomic E-state index is 13.3. The Kier molecular flexibility index (Phi) is 8.60. The number of hydrogen-bond acceptors (Lipinski definition) is 3. The summed E-state index contributed by atoms with van der Waals surface area (Å²) in [7, 11) is 1.70. The molecule has 0 aliphatic rings. The van der Waals surface area contributed by atoms with Crippen molar-refractivity contribution in [1.82, 2.24) is 9.47 Å². The van der Waals surface area contributed by atoms with Crippen LogP contribution in [-0.4, -0.2) is 38.9 Å². The number of rotatable bonds is 10. The lowest BCUT2D eigenvalue weighted by molar-refractivity contribution is 0.125. The van der Waals surface area contributed by atoms with Crippen molar-refractivity contribution < 1.29 is 19.4 Å². The van der Waals surface area contributed by atoms with Gasteiger partial charge in [-0.2, -0.15) is 0 Å². The summed E-state index contributed by atoms with van der Waals surface area (Å²) >= 11 is 0. The van der Waals surface area contributed by atoms with Crippen molar-refractivity contribution in [2.45, 2.75) is 38.1 Å². The Hall–Kier alpha value is -3.45. The molecule has 7 heteroatoms. The highest BCUT2D eigenvalue weighted by atomic mass is 19.1. The lowest BCUT2D eigenvalue weighted by Gasteiger charge is -2.29. The van der Waals surface area contributed by atoms with Crippen LogP contribution in [0.15, 0.2) is 71.7 Å². The Morgan fingerprint density at radius 2 is 1.59 bits per heavy atom. The first kappa shape index (κ1) is 25.2. The first-order valence-corrected chi connectivity index (χ1v) is 11.4. The molecule has 3 rings (SSSR count). The highest BCUT2D eigenvalue weighted by Gasteiger charge is 2.23. The van der Waals surface area contributed by atoms with E-state index >= 15 is 0 Å². The number of aromatic nitrogens is 1. The van der Waals surface area contributed by atoms with Gasteiger partial charge in [-0.15, -0.1) is 0 Å². The van der Waals surface area contributed by atoms with E-state index in [1.165, 1.54) is 27.7 Å². The van der Waals surface area contributed by atoms with Gasteiger partial charge >= 0.3 is 6.09 Å². The third kappa shape index (κ3) is 6.32. The predicted molar refractivity (Wildman–Crippen MR) is 130 cm³/mol. The van der Waals surface area contributed by atoms with E-state index in [0.29, 0.717) is 25.8 Å². The van der Waals surface area contributed by atoms with Crippen LogP contribution < -0.4 is 5.56 Å². The van der Waals surface area contributed by atoms with E-state index in [2.05, 4.69) is 0 Å². The van der Waals surface area contributed by atoms with Gasteiger partial charge in [-0.05, 0) is 72.6 Å². The smallest absolute Gasteiger partial charge is 0.407 e. The average molecular weight is 467 g/mol. The van der Waals surface area contributed by atoms with E-state index in [0.717, 1.165) is 22.3 Å². The van der Waals surface area contributed by atoms with Gasteiger partial charge in [0.2, 0.25) is 5.56 Å². The summed E-state index contributed by atoms with van der Waals surface area (Å²) < 4.78 is 14.9. The van der Waals surface area contributed by atoms with E-state index in [4.69, 9.17) is 0 Å². The second-order valence-electron chi connectivity index (χ2n) is 8.54. The molecule has 2 N–H and O–H groups in total. The molecule has 6 nitrogen and oxygen atoms in total. The summed E-state index contributed by atoms with van der Waals surface area (Å²) in [5.74, 6) is -0.291. The molecule has 0 saturated carbocycles. The van der Waals surface area contributed by atoms with Crippen LogP contribution in [0.5, 0.6) is 0 Å². The van der Waals surface area contributed by atoms with Crippen molar-refractivity contribution in [1.29, 1.82) is 0 Å². The Labute approximate surface area is 198 Å². The fraction of sp³-hybridized carbons (Fsp3) is 0.333. The summed E-state index contributed by atoms with van der Waals surface area (Å²) in [6.07, 6.45) is 2.62. The minimum atomic E-state index is -1.00. The number of carboxylic acid groups (broad SMARTS) is 1. The molecular weight excluding hydrogens is 435 g/mol. The third-order valence-electron chi connectivity index (χ3n) is 6.30. The topological polar surface area (TPSA) is 82.8 Å². The molecule has 180 valence electrons. The van der Waals surface area contributed by atoms with Gasteiger partial charge in [-0.25, -0.2) is 9.18 Å². The van der Waals surface area contributed by atoms with Crippen molar-refractivity contribution in [2.75, 3.05) is 13.2 Å². The summed E-state index contributed by atoms with van der Waals surface area (Å²) in [6, 6.07) is 16.9. The van der Waals surface area contributed by atoms with Crippen LogP contribution in [0.2, 0.25) is 0 Å². The normalized spacial score (nSPS) is 12.8. The molecule has 1 amide bonds. The first-order chi connectivity index (χ1) is 16.3. The number of amides is 1. The fourth-order valence-electron chi connectivity index (χ4n) is 4.20. The van der Waals surface area contributed by atoms with Crippen molar-refractivity contribution >= 4 is 6.09 Å². The lowest BCUT2D eigenvalue weighted by Crippen LogP contribution is -2.34. The molecule has 2 aromatic carbocycles. The van der Waals surface area contributed by atoms with E-state index in [1.807, 2.05) is 31.2 Å². The second kappa shape index (κ2) is 11.6. The van der Waals surface area contributed by atoms with Crippen molar-refractivity contribution in [3.63, 3.8) is 0 Å². The Morgan fingerprint density at radius 3 is 2.18 bits per heavy atom. The van der Waals surface area contributed by atoms with Crippen LogP contribution in [0, 0.1) is 5.82 Å². The van der Waals surface area contributed by atoms with Crippen LogP contribution in [0.4, 0.5) is 9.18 Å². The number of nitrogens with zero attached hydrogens (tertiary/aromatic N) is 2. The molecule has 0 unspecified atom stereocenters. The van der Waals surface area contributed by atoms with Crippen LogP contribution >= 0.6 is 0 Å². The van der Waals surface area contributed by atoms with Gasteiger partial charge in [-0.1, -0.05) is 36.4 Å². The van der Waals surface area contributed by atoms with E-state index in [-0.39, 0.29) is 29.9 Å². The minimum Gasteiger partial charge on any atom is -0.465 e. The molecule has 2 atom stereocenters. The van der Waals surface area contributed by atoms with Crippen LogP contribution in [-0.2, 0) is 7.05 Å². The molecule has 0 bridgehead atoms. The Morgan fingerprint density at radius 1 is 0.971 bits per heavy atom. The maximum absolute atomic E-state index is 13.3. The molecule has 0 saturated heterocycles. The average Bonchev–Trinajstić information content (AvgIpc) is 2.83. The van der Waals surface area contributed by atoms with Crippen LogP contribution in [0.1, 0.15) is 49.3 Å². The molecule has 3 aromatic rings. The molecule has 0 radical (unpaired) electrons. The highest BCUT2D eigenvalue weighted by Crippen LogP contribution is 2.29. The van der Waals surface area contributed by atoms with Crippen molar-refractivity contribution in [3.05, 3.63) is 94.2 Å². The number of hydrogen-bond donors (Lipinski definition) is 2. The van der Waals surface area contributed by atoms with Crippen LogP contribution in [0.3, 0.4) is 0 Å². The zero-order chi connectivity index (χ0) is 24.7. The summed E-state index contributed by atoms with van der Waals surface area (Å²) in [5.41, 5.74) is 3.57. The summed E-state index contributed by atoms with van der Waals surface area (Å²) in [4.78, 5) is 25.1. The third-order valence-corrected chi connectivity index (χ3v) is 6.30. The largest absolute Gasteiger partial charge is 0.465 e. The minimum absolute atomic E-state index is 0.0221. The van der Waals surface area contributed by atoms with Crippen LogP contribution in [0.25, 0.3) is 11.1 Å². The van der Waals surface area contributed by atoms with E-state index in [9.17, 15) is 24.2 Å². The number of aliphatic hydroxyl groups excluding tert-OH is 1. The Bertz CT molecular complexity index is 1140. The molecule has 1 aromatic heterocycles. The summed E-state index contributed by atoms with van der Waals surface area (Å²) in [5, 5.41) is 19.2. The van der Waals surface area contributed by atoms with Gasteiger partial charge in [0.15, 0.2) is 0 Å². The van der Waals surface area contributed by atoms with Gasteiger partial charge in [0.05, 0.1) is 6.04 Å². The van der Waals surface area contributed by atoms with Crippen molar-refractivity contribution in [2.24, 2.45) is 7.05 Å². The lowest BCUT2D eigenvalue weighted by atomic mass is 9.90. The van der Waals surface area contributed by atoms with E-state index in [1.54, 1.807) is 31.4 Å². The number of carbonyl (C=O) groups is 1. The van der Waals surface area contributed by atoms with Gasteiger partial charge in [-0.3, -0.25) is 4.79 Å². The number of benzene rings is 2. The van der Waals surface area contributed by atoms with Gasteiger partial charge in [0, 0.05) is 32.5 Å². The zero-order valence-corrected chi connectivity index (χ0v) is 19.5. The van der Waals surface area contributed by atoms with Gasteiger partial charge in [0.25, 0.3) is 0 Å². The zero-order valence-electron chi connectivity index (χ0n) is 19.5. The second-order valence-corrected chi connectivity index (χ2v) is 8.54. The molecule has 0 fully saturated rings. The highest BCUT2D eigenvalue weighted by molar-refractivity contribution is 5.66. The predicted octanol–water partition coefficient (Wildman–Crippen LogP) is 5.18. The van der Waals surface area contributed by atoms with Gasteiger partial charge in [0.1, 0.15) is 5.82 Å². The fourth-order valence-corrected chi connectivity index (χ4v) is 4.20. The molecule has 0 spiro atoms.